The molecule has 21 heavy (non-hydrogen) atoms. The van der Waals surface area contributed by atoms with Gasteiger partial charge in [-0.15, -0.1) is 0 Å². The Labute approximate surface area is 124 Å². The highest BCUT2D eigenvalue weighted by Gasteiger charge is 2.20. The fourth-order valence-electron chi connectivity index (χ4n) is 2.41. The minimum Gasteiger partial charge on any atom is -0.461 e. The molecule has 0 saturated heterocycles. The predicted octanol–water partition coefficient (Wildman–Crippen LogP) is 3.31. The Hall–Kier alpha value is -2.10. The number of aromatic nitrogens is 1. The number of esters is 1. The largest absolute Gasteiger partial charge is 0.461 e. The summed E-state index contributed by atoms with van der Waals surface area (Å²) in [5, 5.41) is 0.605. The summed E-state index contributed by atoms with van der Waals surface area (Å²) in [6.45, 7) is 10.2. The van der Waals surface area contributed by atoms with Crippen LogP contribution in [0.5, 0.6) is 0 Å². The number of carbonyl (C=O) groups excluding carboxylic acids is 1. The molecular weight excluding hydrogens is 266 g/mol. The number of hydrogen-bond donors (Lipinski definition) is 1. The summed E-state index contributed by atoms with van der Waals surface area (Å²) in [6.07, 6.45) is 0. The van der Waals surface area contributed by atoms with E-state index in [2.05, 4.69) is 25.8 Å². The van der Waals surface area contributed by atoms with Gasteiger partial charge in [0, 0.05) is 11.5 Å². The van der Waals surface area contributed by atoms with Gasteiger partial charge < -0.3 is 9.72 Å². The topological polar surface area (TPSA) is 59.2 Å². The number of aryl methyl sites for hydroxylation is 1. The van der Waals surface area contributed by atoms with Crippen LogP contribution in [0.25, 0.3) is 10.9 Å². The molecule has 0 aliphatic heterocycles. The third kappa shape index (κ3) is 2.99. The van der Waals surface area contributed by atoms with Crippen LogP contribution in [-0.2, 0) is 10.2 Å². The van der Waals surface area contributed by atoms with Crippen LogP contribution in [0, 0.1) is 6.92 Å². The van der Waals surface area contributed by atoms with Crippen LogP contribution in [0.4, 0.5) is 0 Å². The summed E-state index contributed by atoms with van der Waals surface area (Å²) in [4.78, 5) is 27.3. The molecule has 0 atom stereocenters. The molecule has 1 aromatic carbocycles. The van der Waals surface area contributed by atoms with E-state index in [9.17, 15) is 9.59 Å². The molecule has 0 unspecified atom stereocenters. The number of nitrogens with one attached hydrogen (secondary N) is 1. The fourth-order valence-corrected chi connectivity index (χ4v) is 2.41. The molecule has 1 heterocycles. The van der Waals surface area contributed by atoms with Gasteiger partial charge in [0.15, 0.2) is 5.43 Å². The van der Waals surface area contributed by atoms with Crippen LogP contribution in [0.3, 0.4) is 0 Å². The van der Waals surface area contributed by atoms with Crippen molar-refractivity contribution in [1.29, 1.82) is 0 Å². The number of ether oxygens (including phenoxy) is 1. The van der Waals surface area contributed by atoms with Crippen molar-refractivity contribution in [3.05, 3.63) is 45.2 Å². The molecule has 1 aromatic heterocycles. The lowest BCUT2D eigenvalue weighted by Crippen LogP contribution is -2.18. The summed E-state index contributed by atoms with van der Waals surface area (Å²) >= 11 is 0. The summed E-state index contributed by atoms with van der Waals surface area (Å²) in [5.74, 6) is -0.503. The van der Waals surface area contributed by atoms with Gasteiger partial charge in [0.25, 0.3) is 0 Å². The van der Waals surface area contributed by atoms with Gasteiger partial charge >= 0.3 is 5.97 Å². The number of H-pyrrole nitrogens is 1. The Morgan fingerprint density at radius 1 is 1.24 bits per heavy atom. The minimum atomic E-state index is -0.503. The van der Waals surface area contributed by atoms with Gasteiger partial charge in [-0.2, -0.15) is 0 Å². The predicted molar refractivity (Wildman–Crippen MR) is 84.0 cm³/mol. The van der Waals surface area contributed by atoms with Crippen LogP contribution in [0.15, 0.2) is 23.0 Å². The lowest BCUT2D eigenvalue weighted by Gasteiger charge is -2.22. The first kappa shape index (κ1) is 15.3. The second-order valence-electron chi connectivity index (χ2n) is 6.25. The molecule has 2 rings (SSSR count). The molecular formula is C17H21NO3. The maximum atomic E-state index is 12.3. The van der Waals surface area contributed by atoms with Crippen molar-refractivity contribution in [2.24, 2.45) is 0 Å². The summed E-state index contributed by atoms with van der Waals surface area (Å²) < 4.78 is 4.97. The third-order valence-corrected chi connectivity index (χ3v) is 3.39. The van der Waals surface area contributed by atoms with Crippen molar-refractivity contribution in [3.63, 3.8) is 0 Å². The zero-order valence-electron chi connectivity index (χ0n) is 13.2. The van der Waals surface area contributed by atoms with E-state index in [4.69, 9.17) is 4.74 Å². The van der Waals surface area contributed by atoms with E-state index in [0.717, 1.165) is 11.1 Å². The number of hydrogen-bond acceptors (Lipinski definition) is 3. The maximum Gasteiger partial charge on any atom is 0.354 e. The van der Waals surface area contributed by atoms with Gasteiger partial charge in [-0.05, 0) is 36.5 Å². The molecule has 0 fully saturated rings. The lowest BCUT2D eigenvalue weighted by atomic mass is 9.84. The van der Waals surface area contributed by atoms with E-state index >= 15 is 0 Å². The second kappa shape index (κ2) is 5.35. The molecule has 0 radical (unpaired) electrons. The molecule has 0 saturated carbocycles. The Morgan fingerprint density at radius 2 is 1.90 bits per heavy atom. The van der Waals surface area contributed by atoms with Crippen molar-refractivity contribution in [3.8, 4) is 0 Å². The zero-order valence-corrected chi connectivity index (χ0v) is 13.2. The van der Waals surface area contributed by atoms with Crippen molar-refractivity contribution < 1.29 is 9.53 Å². The van der Waals surface area contributed by atoms with Gasteiger partial charge in [0.1, 0.15) is 5.69 Å². The van der Waals surface area contributed by atoms with Crippen molar-refractivity contribution in [2.75, 3.05) is 6.61 Å². The summed E-state index contributed by atoms with van der Waals surface area (Å²) in [5.41, 5.74) is 2.65. The molecule has 2 aromatic rings. The minimum absolute atomic E-state index is 0.138. The zero-order chi connectivity index (χ0) is 15.8. The molecule has 112 valence electrons. The number of benzene rings is 1. The highest BCUT2D eigenvalue weighted by molar-refractivity contribution is 5.92. The van der Waals surface area contributed by atoms with Gasteiger partial charge in [0.05, 0.1) is 12.1 Å². The van der Waals surface area contributed by atoms with E-state index < -0.39 is 5.97 Å². The molecule has 4 nitrogen and oxygen atoms in total. The molecule has 4 heteroatoms. The second-order valence-corrected chi connectivity index (χ2v) is 6.25. The smallest absolute Gasteiger partial charge is 0.354 e. The highest BCUT2D eigenvalue weighted by atomic mass is 16.5. The third-order valence-electron chi connectivity index (χ3n) is 3.39. The molecule has 1 N–H and O–H groups in total. The quantitative estimate of drug-likeness (QED) is 0.862. The molecule has 0 spiro atoms. The Kier molecular flexibility index (Phi) is 3.90. The van der Waals surface area contributed by atoms with Crippen molar-refractivity contribution >= 4 is 16.9 Å². The molecule has 0 bridgehead atoms. The van der Waals surface area contributed by atoms with Crippen LogP contribution < -0.4 is 5.43 Å². The van der Waals surface area contributed by atoms with Crippen molar-refractivity contribution in [1.82, 2.24) is 4.98 Å². The molecule has 0 amide bonds. The average molecular weight is 287 g/mol. The van der Waals surface area contributed by atoms with Crippen LogP contribution >= 0.6 is 0 Å². The number of aromatic amines is 1. The monoisotopic (exact) mass is 287 g/mol. The first-order valence-electron chi connectivity index (χ1n) is 7.09. The normalized spacial score (nSPS) is 11.7. The summed E-state index contributed by atoms with van der Waals surface area (Å²) in [6, 6.07) is 5.21. The fraction of sp³-hybridized carbons (Fsp3) is 0.412. The van der Waals surface area contributed by atoms with Gasteiger partial charge in [-0.1, -0.05) is 26.8 Å². The number of rotatable bonds is 2. The van der Waals surface area contributed by atoms with E-state index in [-0.39, 0.29) is 23.1 Å². The van der Waals surface area contributed by atoms with Crippen LogP contribution in [-0.4, -0.2) is 17.6 Å². The standard InChI is InChI=1S/C17H21NO3/c1-6-21-16(20)13-9-14(19)11-7-10(2)8-12(15(11)18-13)17(3,4)5/h7-9H,6H2,1-5H3,(H,18,19). The van der Waals surface area contributed by atoms with Crippen LogP contribution in [0.1, 0.15) is 49.3 Å². The first-order chi connectivity index (χ1) is 9.74. The Bertz CT molecular complexity index is 751. The first-order valence-corrected chi connectivity index (χ1v) is 7.09. The number of carbonyl (C=O) groups is 1. The highest BCUT2D eigenvalue weighted by Crippen LogP contribution is 2.29. The van der Waals surface area contributed by atoms with Gasteiger partial charge in [0.2, 0.25) is 0 Å². The SMILES string of the molecule is CCOC(=O)c1cc(=O)c2cc(C)cc(C(C)(C)C)c2[nH]1. The maximum absolute atomic E-state index is 12.3. The number of fused-ring (bicyclic) bond motifs is 1. The number of pyridine rings is 1. The van der Waals surface area contributed by atoms with Gasteiger partial charge in [-0.3, -0.25) is 4.79 Å². The average Bonchev–Trinajstić information content (AvgIpc) is 2.37. The summed E-state index contributed by atoms with van der Waals surface area (Å²) in [7, 11) is 0. The van der Waals surface area contributed by atoms with Gasteiger partial charge in [-0.25, -0.2) is 4.79 Å². The van der Waals surface area contributed by atoms with E-state index in [1.54, 1.807) is 6.92 Å². The Morgan fingerprint density at radius 3 is 2.48 bits per heavy atom. The molecule has 0 aliphatic rings. The van der Waals surface area contributed by atoms with Crippen molar-refractivity contribution in [2.45, 2.75) is 40.0 Å². The van der Waals surface area contributed by atoms with E-state index in [1.807, 2.05) is 19.1 Å². The van der Waals surface area contributed by atoms with Crippen LogP contribution in [0.2, 0.25) is 0 Å². The Balaban J connectivity index is 2.80. The van der Waals surface area contributed by atoms with E-state index in [1.165, 1.54) is 6.07 Å². The molecule has 0 aliphatic carbocycles. The van der Waals surface area contributed by atoms with E-state index in [0.29, 0.717) is 10.9 Å². The lowest BCUT2D eigenvalue weighted by molar-refractivity contribution is 0.0520.